The molecule has 5 rings (SSSR count). The molecule has 0 saturated carbocycles. The van der Waals surface area contributed by atoms with E-state index in [1.165, 1.54) is 36.9 Å². The Morgan fingerprint density at radius 2 is 1.24 bits per heavy atom. The monoisotopic (exact) mass is 337 g/mol. The van der Waals surface area contributed by atoms with Crippen molar-refractivity contribution in [3.63, 3.8) is 0 Å². The van der Waals surface area contributed by atoms with E-state index >= 15 is 0 Å². The van der Waals surface area contributed by atoms with E-state index in [4.69, 9.17) is 0 Å². The Balaban J connectivity index is 1.67. The van der Waals surface area contributed by atoms with Gasteiger partial charge < -0.3 is 0 Å². The molecule has 0 saturated heterocycles. The van der Waals surface area contributed by atoms with Crippen LogP contribution in [0.3, 0.4) is 0 Å². The van der Waals surface area contributed by atoms with Gasteiger partial charge in [-0.15, -0.1) is 11.3 Å². The summed E-state index contributed by atoms with van der Waals surface area (Å²) in [6.07, 6.45) is 1.84. The molecule has 2 heteroatoms. The van der Waals surface area contributed by atoms with Crippen molar-refractivity contribution >= 4 is 31.5 Å². The number of aromatic nitrogens is 1. The lowest BCUT2D eigenvalue weighted by Gasteiger charge is -2.02. The SMILES string of the molecule is c1ccc(-c2ccc3c(c2)sc2cc(-c4ccccn4)ccc23)cc1. The highest BCUT2D eigenvalue weighted by Crippen LogP contribution is 2.38. The second-order valence-electron chi connectivity index (χ2n) is 6.10. The fraction of sp³-hybridized carbons (Fsp3) is 0. The van der Waals surface area contributed by atoms with E-state index in [1.54, 1.807) is 0 Å². The zero-order valence-corrected chi connectivity index (χ0v) is 14.3. The first-order chi connectivity index (χ1) is 12.4. The summed E-state index contributed by atoms with van der Waals surface area (Å²) in [4.78, 5) is 4.47. The summed E-state index contributed by atoms with van der Waals surface area (Å²) in [5.41, 5.74) is 4.72. The second kappa shape index (κ2) is 5.83. The van der Waals surface area contributed by atoms with Gasteiger partial charge in [-0.2, -0.15) is 0 Å². The van der Waals surface area contributed by atoms with Gasteiger partial charge in [0.05, 0.1) is 5.69 Å². The predicted octanol–water partition coefficient (Wildman–Crippen LogP) is 6.78. The summed E-state index contributed by atoms with van der Waals surface area (Å²) in [6, 6.07) is 30.0. The molecule has 5 aromatic rings. The van der Waals surface area contributed by atoms with Crippen LogP contribution in [0.4, 0.5) is 0 Å². The van der Waals surface area contributed by atoms with Crippen molar-refractivity contribution in [1.82, 2.24) is 4.98 Å². The quantitative estimate of drug-likeness (QED) is 0.346. The summed E-state index contributed by atoms with van der Waals surface area (Å²) in [6.45, 7) is 0. The molecule has 0 radical (unpaired) electrons. The Labute approximate surface area is 150 Å². The first kappa shape index (κ1) is 14.4. The topological polar surface area (TPSA) is 12.9 Å². The molecule has 0 unspecified atom stereocenters. The zero-order chi connectivity index (χ0) is 16.6. The highest BCUT2D eigenvalue weighted by atomic mass is 32.1. The Morgan fingerprint density at radius 3 is 1.96 bits per heavy atom. The van der Waals surface area contributed by atoms with Crippen LogP contribution in [-0.2, 0) is 0 Å². The Hall–Kier alpha value is -2.97. The molecule has 2 heterocycles. The Kier molecular flexibility index (Phi) is 3.36. The van der Waals surface area contributed by atoms with E-state index in [9.17, 15) is 0 Å². The number of benzene rings is 3. The van der Waals surface area contributed by atoms with Gasteiger partial charge in [-0.3, -0.25) is 4.98 Å². The zero-order valence-electron chi connectivity index (χ0n) is 13.5. The van der Waals surface area contributed by atoms with Gasteiger partial charge in [-0.25, -0.2) is 0 Å². The lowest BCUT2D eigenvalue weighted by Crippen LogP contribution is -1.80. The molecule has 0 aliphatic rings. The van der Waals surface area contributed by atoms with Crippen LogP contribution in [0.15, 0.2) is 91.1 Å². The maximum atomic E-state index is 4.47. The molecule has 2 aromatic heterocycles. The summed E-state index contributed by atoms with van der Waals surface area (Å²) in [5.74, 6) is 0. The van der Waals surface area contributed by atoms with Crippen molar-refractivity contribution in [3.8, 4) is 22.4 Å². The predicted molar refractivity (Wildman–Crippen MR) is 108 cm³/mol. The minimum absolute atomic E-state index is 1.02. The highest BCUT2D eigenvalue weighted by Gasteiger charge is 2.08. The van der Waals surface area contributed by atoms with Crippen molar-refractivity contribution < 1.29 is 0 Å². The van der Waals surface area contributed by atoms with Crippen molar-refractivity contribution in [1.29, 1.82) is 0 Å². The molecule has 118 valence electrons. The fourth-order valence-electron chi connectivity index (χ4n) is 3.28. The molecule has 25 heavy (non-hydrogen) atoms. The maximum absolute atomic E-state index is 4.47. The van der Waals surface area contributed by atoms with Crippen molar-refractivity contribution in [2.75, 3.05) is 0 Å². The fourth-order valence-corrected chi connectivity index (χ4v) is 4.46. The number of thiophene rings is 1. The van der Waals surface area contributed by atoms with E-state index in [2.05, 4.69) is 77.8 Å². The normalized spacial score (nSPS) is 11.2. The Bertz CT molecular complexity index is 1080. The van der Waals surface area contributed by atoms with E-state index in [1.807, 2.05) is 29.7 Å². The van der Waals surface area contributed by atoms with Crippen LogP contribution < -0.4 is 0 Å². The number of nitrogens with zero attached hydrogens (tertiary/aromatic N) is 1. The standard InChI is InChI=1S/C23H15NS/c1-2-6-16(7-3-1)17-9-11-19-20-12-10-18(21-8-4-5-13-24-21)15-23(20)25-22(19)14-17/h1-15H. The summed E-state index contributed by atoms with van der Waals surface area (Å²) < 4.78 is 2.64. The third kappa shape index (κ3) is 2.51. The largest absolute Gasteiger partial charge is 0.256 e. The van der Waals surface area contributed by atoms with Gasteiger partial charge in [0.25, 0.3) is 0 Å². The molecule has 0 bridgehead atoms. The average molecular weight is 337 g/mol. The first-order valence-electron chi connectivity index (χ1n) is 8.32. The van der Waals surface area contributed by atoms with Crippen molar-refractivity contribution in [2.24, 2.45) is 0 Å². The van der Waals surface area contributed by atoms with Crippen LogP contribution in [0.25, 0.3) is 42.6 Å². The molecular formula is C23H15NS. The minimum Gasteiger partial charge on any atom is -0.256 e. The lowest BCUT2D eigenvalue weighted by molar-refractivity contribution is 1.33. The van der Waals surface area contributed by atoms with Crippen molar-refractivity contribution in [2.45, 2.75) is 0 Å². The van der Waals surface area contributed by atoms with Crippen LogP contribution >= 0.6 is 11.3 Å². The molecule has 0 atom stereocenters. The third-order valence-electron chi connectivity index (χ3n) is 4.54. The molecule has 1 nitrogen and oxygen atoms in total. The summed E-state index contributed by atoms with van der Waals surface area (Å²) in [5, 5.41) is 2.64. The number of fused-ring (bicyclic) bond motifs is 3. The van der Waals surface area contributed by atoms with Crippen LogP contribution in [0.1, 0.15) is 0 Å². The number of rotatable bonds is 2. The van der Waals surface area contributed by atoms with Gasteiger partial charge >= 0.3 is 0 Å². The molecule has 0 N–H and O–H groups in total. The van der Waals surface area contributed by atoms with E-state index in [0.717, 1.165) is 5.69 Å². The smallest absolute Gasteiger partial charge is 0.0702 e. The van der Waals surface area contributed by atoms with Gasteiger partial charge in [-0.1, -0.05) is 60.7 Å². The molecule has 3 aromatic carbocycles. The van der Waals surface area contributed by atoms with Crippen LogP contribution in [-0.4, -0.2) is 4.98 Å². The number of hydrogen-bond acceptors (Lipinski definition) is 2. The molecule has 0 fully saturated rings. The van der Waals surface area contributed by atoms with E-state index in [0.29, 0.717) is 0 Å². The van der Waals surface area contributed by atoms with E-state index in [-0.39, 0.29) is 0 Å². The number of pyridine rings is 1. The van der Waals surface area contributed by atoms with Gasteiger partial charge in [0.2, 0.25) is 0 Å². The molecule has 0 aliphatic carbocycles. The molecule has 0 aliphatic heterocycles. The molecule has 0 spiro atoms. The first-order valence-corrected chi connectivity index (χ1v) is 9.13. The lowest BCUT2D eigenvalue weighted by atomic mass is 10.0. The van der Waals surface area contributed by atoms with Gasteiger partial charge in [0.15, 0.2) is 0 Å². The molecular weight excluding hydrogens is 322 g/mol. The van der Waals surface area contributed by atoms with Gasteiger partial charge in [0, 0.05) is 31.9 Å². The summed E-state index contributed by atoms with van der Waals surface area (Å²) in [7, 11) is 0. The van der Waals surface area contributed by atoms with Crippen molar-refractivity contribution in [3.05, 3.63) is 91.1 Å². The molecule has 0 amide bonds. The van der Waals surface area contributed by atoms with Crippen LogP contribution in [0.2, 0.25) is 0 Å². The summed E-state index contributed by atoms with van der Waals surface area (Å²) >= 11 is 1.85. The van der Waals surface area contributed by atoms with Crippen LogP contribution in [0.5, 0.6) is 0 Å². The second-order valence-corrected chi connectivity index (χ2v) is 7.19. The van der Waals surface area contributed by atoms with Crippen LogP contribution in [0, 0.1) is 0 Å². The minimum atomic E-state index is 1.02. The highest BCUT2D eigenvalue weighted by molar-refractivity contribution is 7.25. The Morgan fingerprint density at radius 1 is 0.560 bits per heavy atom. The maximum Gasteiger partial charge on any atom is 0.0702 e. The average Bonchev–Trinajstić information content (AvgIpc) is 3.06. The van der Waals surface area contributed by atoms with Gasteiger partial charge in [0.1, 0.15) is 0 Å². The van der Waals surface area contributed by atoms with Gasteiger partial charge in [-0.05, 0) is 35.4 Å². The van der Waals surface area contributed by atoms with E-state index < -0.39 is 0 Å². The number of hydrogen-bond donors (Lipinski definition) is 0. The third-order valence-corrected chi connectivity index (χ3v) is 5.66.